The number of aromatic nitrogens is 1. The highest BCUT2D eigenvalue weighted by atomic mass is 16.1. The highest BCUT2D eigenvalue weighted by Crippen LogP contribution is 2.28. The van der Waals surface area contributed by atoms with Gasteiger partial charge in [-0.3, -0.25) is 9.59 Å². The Bertz CT molecular complexity index is 447. The third-order valence-corrected chi connectivity index (χ3v) is 3.86. The standard InChI is InChI=1S/C14H20N2O2/c1-10-4-2-3-5-11(10)8-16-14(18)12-6-7-13(17)15-9-12/h6-7,9-11H,2-5,8H2,1H3,(H,15,17)(H,16,18). The third kappa shape index (κ3) is 3.22. The lowest BCUT2D eigenvalue weighted by Gasteiger charge is -2.28. The van der Waals surface area contributed by atoms with E-state index in [0.717, 1.165) is 6.54 Å². The van der Waals surface area contributed by atoms with Crippen LogP contribution in [0.1, 0.15) is 43.0 Å². The zero-order valence-corrected chi connectivity index (χ0v) is 10.7. The van der Waals surface area contributed by atoms with Gasteiger partial charge in [0, 0.05) is 18.8 Å². The van der Waals surface area contributed by atoms with Crippen LogP contribution in [0.4, 0.5) is 0 Å². The van der Waals surface area contributed by atoms with Crippen LogP contribution in [-0.4, -0.2) is 17.4 Å². The number of nitrogens with one attached hydrogen (secondary N) is 2. The molecule has 0 saturated heterocycles. The second-order valence-electron chi connectivity index (χ2n) is 5.17. The van der Waals surface area contributed by atoms with E-state index in [4.69, 9.17) is 0 Å². The van der Waals surface area contributed by atoms with Gasteiger partial charge in [-0.05, 0) is 24.3 Å². The fourth-order valence-corrected chi connectivity index (χ4v) is 2.57. The monoisotopic (exact) mass is 248 g/mol. The van der Waals surface area contributed by atoms with E-state index in [-0.39, 0.29) is 11.5 Å². The molecular weight excluding hydrogens is 228 g/mol. The molecule has 2 rings (SSSR count). The van der Waals surface area contributed by atoms with Gasteiger partial charge in [0.25, 0.3) is 5.91 Å². The van der Waals surface area contributed by atoms with Gasteiger partial charge in [-0.15, -0.1) is 0 Å². The molecule has 1 heterocycles. The first-order chi connectivity index (χ1) is 8.66. The van der Waals surface area contributed by atoms with Gasteiger partial charge in [-0.25, -0.2) is 0 Å². The summed E-state index contributed by atoms with van der Waals surface area (Å²) >= 11 is 0. The average molecular weight is 248 g/mol. The first kappa shape index (κ1) is 12.9. The van der Waals surface area contributed by atoms with Crippen molar-refractivity contribution in [3.05, 3.63) is 34.2 Å². The van der Waals surface area contributed by atoms with Crippen molar-refractivity contribution in [2.45, 2.75) is 32.6 Å². The molecule has 4 heteroatoms. The van der Waals surface area contributed by atoms with E-state index < -0.39 is 0 Å². The van der Waals surface area contributed by atoms with Crippen LogP contribution < -0.4 is 10.9 Å². The van der Waals surface area contributed by atoms with Gasteiger partial charge in [0.15, 0.2) is 0 Å². The molecule has 2 atom stereocenters. The molecule has 1 aliphatic carbocycles. The van der Waals surface area contributed by atoms with Crippen molar-refractivity contribution >= 4 is 5.91 Å². The predicted octanol–water partition coefficient (Wildman–Crippen LogP) is 1.93. The van der Waals surface area contributed by atoms with Crippen molar-refractivity contribution in [1.82, 2.24) is 10.3 Å². The van der Waals surface area contributed by atoms with Crippen LogP contribution in [0.5, 0.6) is 0 Å². The second-order valence-corrected chi connectivity index (χ2v) is 5.17. The first-order valence-corrected chi connectivity index (χ1v) is 6.64. The molecule has 2 N–H and O–H groups in total. The minimum absolute atomic E-state index is 0.107. The van der Waals surface area contributed by atoms with E-state index >= 15 is 0 Å². The zero-order valence-electron chi connectivity index (χ0n) is 10.7. The Labute approximate surface area is 107 Å². The van der Waals surface area contributed by atoms with Gasteiger partial charge in [0.1, 0.15) is 0 Å². The molecule has 1 aromatic rings. The van der Waals surface area contributed by atoms with Crippen LogP contribution >= 0.6 is 0 Å². The molecule has 0 spiro atoms. The number of carbonyl (C=O) groups excluding carboxylic acids is 1. The molecule has 4 nitrogen and oxygen atoms in total. The normalized spacial score (nSPS) is 23.6. The first-order valence-electron chi connectivity index (χ1n) is 6.64. The summed E-state index contributed by atoms with van der Waals surface area (Å²) < 4.78 is 0. The molecule has 0 radical (unpaired) electrons. The molecule has 1 fully saturated rings. The number of pyridine rings is 1. The van der Waals surface area contributed by atoms with Crippen molar-refractivity contribution in [2.24, 2.45) is 11.8 Å². The lowest BCUT2D eigenvalue weighted by atomic mass is 9.80. The quantitative estimate of drug-likeness (QED) is 0.858. The maximum atomic E-state index is 11.9. The molecule has 2 unspecified atom stereocenters. The maximum Gasteiger partial charge on any atom is 0.252 e. The van der Waals surface area contributed by atoms with E-state index in [2.05, 4.69) is 17.2 Å². The maximum absolute atomic E-state index is 11.9. The molecule has 1 saturated carbocycles. The smallest absolute Gasteiger partial charge is 0.252 e. The fourth-order valence-electron chi connectivity index (χ4n) is 2.57. The third-order valence-electron chi connectivity index (χ3n) is 3.86. The van der Waals surface area contributed by atoms with Gasteiger partial charge in [-0.1, -0.05) is 26.2 Å². The van der Waals surface area contributed by atoms with Crippen LogP contribution in [0.25, 0.3) is 0 Å². The summed E-state index contributed by atoms with van der Waals surface area (Å²) in [5.74, 6) is 1.17. The lowest BCUT2D eigenvalue weighted by Crippen LogP contribution is -2.33. The largest absolute Gasteiger partial charge is 0.352 e. The number of aromatic amines is 1. The molecule has 1 aromatic heterocycles. The number of carbonyl (C=O) groups is 1. The van der Waals surface area contributed by atoms with E-state index in [1.54, 1.807) is 6.07 Å². The number of amides is 1. The van der Waals surface area contributed by atoms with E-state index in [9.17, 15) is 9.59 Å². The van der Waals surface area contributed by atoms with Crippen LogP contribution in [0.3, 0.4) is 0 Å². The second kappa shape index (κ2) is 5.85. The Morgan fingerprint density at radius 1 is 1.39 bits per heavy atom. The average Bonchev–Trinajstić information content (AvgIpc) is 2.38. The van der Waals surface area contributed by atoms with E-state index in [0.29, 0.717) is 17.4 Å². The van der Waals surface area contributed by atoms with Crippen LogP contribution in [0.15, 0.2) is 23.1 Å². The van der Waals surface area contributed by atoms with Gasteiger partial charge in [0.2, 0.25) is 5.56 Å². The van der Waals surface area contributed by atoms with Crippen molar-refractivity contribution in [3.63, 3.8) is 0 Å². The summed E-state index contributed by atoms with van der Waals surface area (Å²) in [6.07, 6.45) is 6.50. The summed E-state index contributed by atoms with van der Waals surface area (Å²) in [4.78, 5) is 25.3. The highest BCUT2D eigenvalue weighted by molar-refractivity contribution is 5.93. The summed E-state index contributed by atoms with van der Waals surface area (Å²) in [6.45, 7) is 3.00. The molecule has 98 valence electrons. The van der Waals surface area contributed by atoms with E-state index in [1.165, 1.54) is 37.9 Å². The van der Waals surface area contributed by atoms with Crippen LogP contribution in [-0.2, 0) is 0 Å². The van der Waals surface area contributed by atoms with Crippen molar-refractivity contribution in [1.29, 1.82) is 0 Å². The van der Waals surface area contributed by atoms with Gasteiger partial charge in [-0.2, -0.15) is 0 Å². The van der Waals surface area contributed by atoms with Crippen LogP contribution in [0.2, 0.25) is 0 Å². The highest BCUT2D eigenvalue weighted by Gasteiger charge is 2.21. The minimum Gasteiger partial charge on any atom is -0.352 e. The molecule has 1 amide bonds. The topological polar surface area (TPSA) is 62.0 Å². The summed E-state index contributed by atoms with van der Waals surface area (Å²) in [5.41, 5.74) is 0.325. The van der Waals surface area contributed by atoms with Crippen molar-refractivity contribution in [3.8, 4) is 0 Å². The number of hydrogen-bond donors (Lipinski definition) is 2. The Morgan fingerprint density at radius 2 is 2.17 bits per heavy atom. The Kier molecular flexibility index (Phi) is 4.18. The van der Waals surface area contributed by atoms with Gasteiger partial charge in [0.05, 0.1) is 5.56 Å². The molecule has 0 aromatic carbocycles. The number of H-pyrrole nitrogens is 1. The van der Waals surface area contributed by atoms with E-state index in [1.807, 2.05) is 0 Å². The Hall–Kier alpha value is -1.58. The zero-order chi connectivity index (χ0) is 13.0. The van der Waals surface area contributed by atoms with Gasteiger partial charge < -0.3 is 10.3 Å². The minimum atomic E-state index is -0.188. The Balaban J connectivity index is 1.87. The number of hydrogen-bond acceptors (Lipinski definition) is 2. The molecular formula is C14H20N2O2. The summed E-state index contributed by atoms with van der Waals surface area (Å²) in [6, 6.07) is 2.93. The molecule has 0 aliphatic heterocycles. The lowest BCUT2D eigenvalue weighted by molar-refractivity contribution is 0.0936. The van der Waals surface area contributed by atoms with Crippen LogP contribution in [0, 0.1) is 11.8 Å². The summed E-state index contributed by atoms with van der Waals surface area (Å²) in [5, 5.41) is 2.96. The Morgan fingerprint density at radius 3 is 2.83 bits per heavy atom. The predicted molar refractivity (Wildman–Crippen MR) is 70.5 cm³/mol. The molecule has 0 bridgehead atoms. The van der Waals surface area contributed by atoms with Crippen molar-refractivity contribution in [2.75, 3.05) is 6.54 Å². The van der Waals surface area contributed by atoms with Gasteiger partial charge >= 0.3 is 0 Å². The SMILES string of the molecule is CC1CCCCC1CNC(=O)c1ccc(=O)[nH]c1. The molecule has 18 heavy (non-hydrogen) atoms. The number of rotatable bonds is 3. The fraction of sp³-hybridized carbons (Fsp3) is 0.571. The summed E-state index contributed by atoms with van der Waals surface area (Å²) in [7, 11) is 0. The van der Waals surface area contributed by atoms with Crippen molar-refractivity contribution < 1.29 is 4.79 Å². The molecule has 1 aliphatic rings.